The molecule has 0 aromatic heterocycles. The first-order chi connectivity index (χ1) is 56.1. The number of hydrogen-bond donors (Lipinski definition) is 0. The number of hydrogen-bond acceptors (Lipinski definition) is 20. The van der Waals surface area contributed by atoms with E-state index >= 15 is 0 Å². The molecule has 23 rings (SSSR count). The number of esters is 10. The molecule has 0 aromatic rings. The topological polar surface area (TPSA) is 263 Å². The second-order valence-corrected chi connectivity index (χ2v) is 46.2. The zero-order valence-electron chi connectivity index (χ0n) is 73.5. The molecular formula is C108H180O20. The van der Waals surface area contributed by atoms with Crippen molar-refractivity contribution in [2.45, 2.75) is 356 Å². The maximum absolute atomic E-state index is 12.7. The van der Waals surface area contributed by atoms with Gasteiger partial charge in [0.15, 0.2) is 0 Å². The van der Waals surface area contributed by atoms with Crippen LogP contribution in [0, 0.1) is 234 Å². The summed E-state index contributed by atoms with van der Waals surface area (Å²) in [6.07, 6.45) is 23.8. The highest BCUT2D eigenvalue weighted by molar-refractivity contribution is 5.82. The zero-order valence-corrected chi connectivity index (χ0v) is 73.5. The maximum Gasteiger partial charge on any atom is 0.312 e. The summed E-state index contributed by atoms with van der Waals surface area (Å²) in [6, 6.07) is 0. The molecule has 5 heterocycles. The van der Waals surface area contributed by atoms with Crippen LogP contribution in [0.2, 0.25) is 0 Å². The van der Waals surface area contributed by atoms with Crippen LogP contribution >= 0.6 is 0 Å². The van der Waals surface area contributed by atoms with Gasteiger partial charge in [0.25, 0.3) is 0 Å². The normalized spacial score (nSPS) is 46.0. The molecule has 20 nitrogen and oxygen atoms in total. The first kappa shape index (κ1) is 106. The Bertz CT molecular complexity index is 4030. The molecule has 18 saturated carbocycles. The first-order valence-corrected chi connectivity index (χ1v) is 48.0. The maximum atomic E-state index is 12.7. The van der Waals surface area contributed by atoms with Crippen LogP contribution in [0.15, 0.2) is 0 Å². The van der Waals surface area contributed by atoms with Gasteiger partial charge in [0.05, 0.1) is 91.2 Å². The molecule has 3 spiro atoms. The van der Waals surface area contributed by atoms with Gasteiger partial charge >= 0.3 is 59.7 Å². The number of ether oxygens (including phenoxy) is 10. The largest absolute Gasteiger partial charge is 0.465 e. The third-order valence-electron chi connectivity index (χ3n) is 40.6. The van der Waals surface area contributed by atoms with E-state index in [1.54, 1.807) is 0 Å². The van der Waals surface area contributed by atoms with Crippen molar-refractivity contribution in [3.8, 4) is 0 Å². The van der Waals surface area contributed by atoms with Crippen molar-refractivity contribution >= 4 is 59.7 Å². The summed E-state index contributed by atoms with van der Waals surface area (Å²) in [4.78, 5) is 122. The lowest BCUT2D eigenvalue weighted by Gasteiger charge is -2.47. The Morgan fingerprint density at radius 2 is 0.750 bits per heavy atom. The molecule has 18 aliphatic carbocycles. The van der Waals surface area contributed by atoms with E-state index in [0.29, 0.717) is 176 Å². The van der Waals surface area contributed by atoms with Gasteiger partial charge in [0.2, 0.25) is 0 Å². The van der Waals surface area contributed by atoms with Gasteiger partial charge in [0, 0.05) is 28.6 Å². The van der Waals surface area contributed by atoms with Gasteiger partial charge < -0.3 is 47.4 Å². The quantitative estimate of drug-likeness (QED) is 0.0838. The first-order valence-electron chi connectivity index (χ1n) is 48.0. The third-order valence-corrected chi connectivity index (χ3v) is 40.6. The van der Waals surface area contributed by atoms with Crippen molar-refractivity contribution in [2.24, 2.45) is 234 Å². The molecule has 42 unspecified atom stereocenters. The van der Waals surface area contributed by atoms with Crippen molar-refractivity contribution in [3.63, 3.8) is 0 Å². The molecular weight excluding hydrogens is 1620 g/mol. The predicted octanol–water partition coefficient (Wildman–Crippen LogP) is 22.0. The van der Waals surface area contributed by atoms with Gasteiger partial charge in [-0.25, -0.2) is 0 Å². The molecule has 0 amide bonds. The van der Waals surface area contributed by atoms with E-state index in [-0.39, 0.29) is 210 Å². The molecule has 42 atom stereocenters. The summed E-state index contributed by atoms with van der Waals surface area (Å²) < 4.78 is 56.7. The number of cyclic esters (lactones) is 5. The summed E-state index contributed by atoms with van der Waals surface area (Å²) in [5.74, 6) is 18.4. The van der Waals surface area contributed by atoms with Gasteiger partial charge in [-0.05, 0) is 336 Å². The molecule has 5 saturated heterocycles. The summed E-state index contributed by atoms with van der Waals surface area (Å²) in [5, 5.41) is 0. The molecule has 0 radical (unpaired) electrons. The molecule has 5 aliphatic heterocycles. The SMILES string of the molecule is C.C.C.C.C.C.C.C.C.C.CCC(C)(C)C(=O)OC1C(C)C2CC1C1(CCOC1=O)C2.CCC(C)(C)C(=O)OC1C(C)C2CC1C1C2C2CC1C1(COC(=O)C1)C2.CCC(C)(C)C(=O)OC1CC2CC1C1C3CC(C4COC(=O)C43)C21.CCC(C)C(=O)OC1CC2CC1C1C2C2CC1C1(COC(=O)C1)C2.CCC(C)C(=O)OC1CC2CC1C1C3CC(C4COC(=O)C43)C21. The number of carbonyl (C=O) groups excluding carboxylic acids is 10. The van der Waals surface area contributed by atoms with Crippen LogP contribution in [0.3, 0.4) is 0 Å². The van der Waals surface area contributed by atoms with E-state index < -0.39 is 16.2 Å². The van der Waals surface area contributed by atoms with Crippen molar-refractivity contribution in [3.05, 3.63) is 0 Å². The third kappa shape index (κ3) is 16.1. The fraction of sp³-hybridized carbons (Fsp3) is 0.907. The van der Waals surface area contributed by atoms with Gasteiger partial charge in [0.1, 0.15) is 30.5 Å². The van der Waals surface area contributed by atoms with Crippen LogP contribution < -0.4 is 0 Å². The molecule has 0 aromatic carbocycles. The lowest BCUT2D eigenvalue weighted by molar-refractivity contribution is -0.173. The highest BCUT2D eigenvalue weighted by atomic mass is 16.6. The Morgan fingerprint density at radius 3 is 1.16 bits per heavy atom. The predicted molar refractivity (Wildman–Crippen MR) is 496 cm³/mol. The zero-order chi connectivity index (χ0) is 83.2. The Labute approximate surface area is 773 Å². The van der Waals surface area contributed by atoms with Gasteiger partial charge in [-0.3, -0.25) is 47.9 Å². The minimum absolute atomic E-state index is 0. The second-order valence-electron chi connectivity index (χ2n) is 46.2. The van der Waals surface area contributed by atoms with E-state index in [1.165, 1.54) is 64.2 Å². The summed E-state index contributed by atoms with van der Waals surface area (Å²) in [6.45, 7) is 33.5. The number of fused-ring (bicyclic) bond motifs is 47. The lowest BCUT2D eigenvalue weighted by atomic mass is 9.58. The summed E-state index contributed by atoms with van der Waals surface area (Å²) >= 11 is 0. The lowest BCUT2D eigenvalue weighted by Crippen LogP contribution is -2.48. The smallest absolute Gasteiger partial charge is 0.312 e. The monoisotopic (exact) mass is 1800 g/mol. The van der Waals surface area contributed by atoms with Crippen molar-refractivity contribution in [2.75, 3.05) is 33.0 Å². The van der Waals surface area contributed by atoms with Crippen molar-refractivity contribution in [1.82, 2.24) is 0 Å². The minimum atomic E-state index is -0.453. The average molecular weight is 1800 g/mol. The average Bonchev–Trinajstić information content (AvgIpc) is 1.54. The van der Waals surface area contributed by atoms with Gasteiger partial charge in [-0.1, -0.05) is 137 Å². The number of rotatable bonds is 15. The van der Waals surface area contributed by atoms with E-state index in [9.17, 15) is 47.9 Å². The Kier molecular flexibility index (Phi) is 31.7. The molecule has 23 aliphatic rings. The van der Waals surface area contributed by atoms with E-state index in [2.05, 4.69) is 20.8 Å². The Balaban J connectivity index is 0.000000177. The highest BCUT2D eigenvalue weighted by Crippen LogP contribution is 2.78. The van der Waals surface area contributed by atoms with Crippen LogP contribution in [-0.2, 0) is 95.3 Å². The molecule has 128 heavy (non-hydrogen) atoms. The minimum Gasteiger partial charge on any atom is -0.465 e. The molecule has 0 N–H and O–H groups in total. The Morgan fingerprint density at radius 1 is 0.367 bits per heavy atom. The van der Waals surface area contributed by atoms with Gasteiger partial charge in [-0.2, -0.15) is 0 Å². The number of carbonyl (C=O) groups is 10. The fourth-order valence-corrected chi connectivity index (χ4v) is 33.8. The van der Waals surface area contributed by atoms with E-state index in [1.807, 2.05) is 83.1 Å². The second kappa shape index (κ2) is 38.1. The molecule has 18 bridgehead atoms. The van der Waals surface area contributed by atoms with E-state index in [4.69, 9.17) is 47.4 Å². The molecule has 23 fully saturated rings. The Hall–Kier alpha value is -5.30. The van der Waals surface area contributed by atoms with Crippen LogP contribution in [0.5, 0.6) is 0 Å². The molecule has 20 heteroatoms. The fourth-order valence-electron chi connectivity index (χ4n) is 33.8. The van der Waals surface area contributed by atoms with Crippen LogP contribution in [0.1, 0.15) is 326 Å². The summed E-state index contributed by atoms with van der Waals surface area (Å²) in [7, 11) is 0. The molecule has 732 valence electrons. The van der Waals surface area contributed by atoms with Crippen LogP contribution in [0.4, 0.5) is 0 Å². The van der Waals surface area contributed by atoms with Crippen molar-refractivity contribution in [1.29, 1.82) is 0 Å². The standard InChI is InChI=1S/C22H32O4.2C20H28O4.C19H26O4.C17H26O4.10CH4/c1-5-21(3,4)20(24)26-19-11(2)13-7-14(19)18-15-6-12(17(13)18)8-22(15)9-16(23)25-10-22;1-4-20(2,3)19(22)24-14-6-9-5-11(14)16-12-7-10(15(9)16)13-8-23-18(21)17(12)13;1-3-10(2)19(22)24-15-6-11-4-13(15)18-14-5-12(17(11)18)7-20(14)8-16(21)23-9-20;1-3-8(2)18(20)23-14-5-9-4-11(14)16-12-6-10(15(9)16)13-7-22-19(21)17(12)13;1-5-16(3,4)14(18)21-13-10(2)11-8-12(13)17(9-11)6-7-20-15(17)19;;;;;;;;;;/h11-15,17-19H,5-10H2,1-4H3;9-17H,4-8H2,1-3H3;10-15,17-18H,3-9H2,1-2H3;8-17H,3-7H2,1-2H3;10-13H,5-9H2,1-4H3;10*1H4. The van der Waals surface area contributed by atoms with Crippen LogP contribution in [0.25, 0.3) is 0 Å². The highest BCUT2D eigenvalue weighted by Gasteiger charge is 2.77. The van der Waals surface area contributed by atoms with Crippen LogP contribution in [-0.4, -0.2) is 123 Å². The van der Waals surface area contributed by atoms with E-state index in [0.717, 1.165) is 112 Å². The summed E-state index contributed by atoms with van der Waals surface area (Å²) in [5.41, 5.74) is -1.38. The van der Waals surface area contributed by atoms with Gasteiger partial charge in [-0.15, -0.1) is 0 Å². The van der Waals surface area contributed by atoms with Crippen molar-refractivity contribution < 1.29 is 95.3 Å².